The van der Waals surface area contributed by atoms with Crippen molar-refractivity contribution >= 4 is 35.4 Å². The molecule has 0 bridgehead atoms. The molecule has 4 atom stereocenters. The second-order valence-electron chi connectivity index (χ2n) is 9.05. The van der Waals surface area contributed by atoms with E-state index in [1.165, 1.54) is 25.8 Å². The van der Waals surface area contributed by atoms with Gasteiger partial charge in [-0.15, -0.1) is 0 Å². The maximum atomic E-state index is 12.9. The lowest BCUT2D eigenvalue weighted by molar-refractivity contribution is -0.157. The molecule has 0 aliphatic carbocycles. The van der Waals surface area contributed by atoms with E-state index in [9.17, 15) is 33.9 Å². The number of ketones is 1. The van der Waals surface area contributed by atoms with Crippen molar-refractivity contribution < 1.29 is 33.9 Å². The van der Waals surface area contributed by atoms with E-state index >= 15 is 0 Å². The van der Waals surface area contributed by atoms with Crippen LogP contribution in [0.25, 0.3) is 0 Å². The summed E-state index contributed by atoms with van der Waals surface area (Å²) in [5.41, 5.74) is 10.9. The predicted octanol–water partition coefficient (Wildman–Crippen LogP) is -2.18. The van der Waals surface area contributed by atoms with Gasteiger partial charge in [-0.05, 0) is 59.4 Å². The average molecular weight is 514 g/mol. The van der Waals surface area contributed by atoms with Crippen LogP contribution in [0.5, 0.6) is 0 Å². The monoisotopic (exact) mass is 513 g/mol. The number of nitrogens with one attached hydrogen (secondary N) is 2. The molecule has 0 aromatic carbocycles. The Balaban J connectivity index is 2.86. The molecule has 204 valence electrons. The molecule has 6 amide bonds. The van der Waals surface area contributed by atoms with Gasteiger partial charge in [0.2, 0.25) is 17.4 Å². The molecule has 0 saturated carbocycles. The van der Waals surface area contributed by atoms with E-state index in [1.54, 1.807) is 0 Å². The van der Waals surface area contributed by atoms with E-state index in [0.29, 0.717) is 37.1 Å². The largest absolute Gasteiger partial charge is 0.373 e. The van der Waals surface area contributed by atoms with Crippen LogP contribution in [-0.4, -0.2) is 106 Å². The molecule has 0 aromatic rings. The van der Waals surface area contributed by atoms with Crippen molar-refractivity contribution in [3.63, 3.8) is 0 Å². The number of likely N-dealkylation sites (tertiary alicyclic amines) is 1. The summed E-state index contributed by atoms with van der Waals surface area (Å²) in [4.78, 5) is 76.9. The zero-order valence-corrected chi connectivity index (χ0v) is 21.6. The van der Waals surface area contributed by atoms with Crippen molar-refractivity contribution in [3.8, 4) is 0 Å². The number of carbonyl (C=O) groups is 6. The number of nitrogens with zero attached hydrogens (tertiary/aromatic N) is 3. The zero-order valence-electron chi connectivity index (χ0n) is 21.6. The number of hydrogen-bond acceptors (Lipinski definition) is 9. The minimum absolute atomic E-state index is 0.205. The number of Topliss-reactive ketones (excluding diaryl/α,β-unsaturated/α-hetero) is 1. The first kappa shape index (κ1) is 30.9. The standard InChI is InChI=1S/C22H39N7O7/c1-13(24)17(31)25-14(2)19(33)29-12-8-9-16(29)18(32)26-28(5)21(35)27(4)20(34)22(36,15(3)30)10-6-7-11-23/h13-14,16,36H,6-12,23-24H2,1-5H3,(H,25,31)(H,26,32)/t13-,14-,16-,22?/m0/s1. The molecular formula is C22H39N7O7. The number of rotatable bonds is 10. The van der Waals surface area contributed by atoms with E-state index < -0.39 is 59.2 Å². The molecule has 1 fully saturated rings. The predicted molar refractivity (Wildman–Crippen MR) is 129 cm³/mol. The highest BCUT2D eigenvalue weighted by Crippen LogP contribution is 2.20. The number of unbranched alkanes of at least 4 members (excludes halogenated alkanes) is 1. The summed E-state index contributed by atoms with van der Waals surface area (Å²) in [7, 11) is 2.27. The Kier molecular flexibility index (Phi) is 11.4. The molecule has 0 radical (unpaired) electrons. The van der Waals surface area contributed by atoms with Crippen LogP contribution in [0.4, 0.5) is 4.79 Å². The minimum atomic E-state index is -2.40. The highest BCUT2D eigenvalue weighted by Gasteiger charge is 2.45. The number of imide groups is 1. The molecule has 1 aliphatic heterocycles. The Hall–Kier alpha value is -3.10. The smallest absolute Gasteiger partial charge is 0.344 e. The first-order valence-corrected chi connectivity index (χ1v) is 11.8. The van der Waals surface area contributed by atoms with E-state index in [4.69, 9.17) is 11.5 Å². The van der Waals surface area contributed by atoms with Crippen LogP contribution in [-0.2, 0) is 24.0 Å². The molecule has 0 spiro atoms. The normalized spacial score (nSPS) is 18.4. The number of hydrazine groups is 1. The van der Waals surface area contributed by atoms with Crippen molar-refractivity contribution in [2.24, 2.45) is 11.5 Å². The number of urea groups is 1. The molecule has 1 aliphatic rings. The molecule has 7 N–H and O–H groups in total. The van der Waals surface area contributed by atoms with Crippen molar-refractivity contribution in [2.45, 2.75) is 76.6 Å². The molecule has 36 heavy (non-hydrogen) atoms. The average Bonchev–Trinajstić information content (AvgIpc) is 3.31. The van der Waals surface area contributed by atoms with Crippen molar-refractivity contribution in [1.29, 1.82) is 0 Å². The van der Waals surface area contributed by atoms with Crippen molar-refractivity contribution in [2.75, 3.05) is 27.2 Å². The van der Waals surface area contributed by atoms with Crippen LogP contribution in [0.3, 0.4) is 0 Å². The maximum Gasteiger partial charge on any atom is 0.344 e. The summed E-state index contributed by atoms with van der Waals surface area (Å²) in [5, 5.41) is 13.9. The third-order valence-electron chi connectivity index (χ3n) is 6.07. The Bertz CT molecular complexity index is 866. The van der Waals surface area contributed by atoms with Gasteiger partial charge in [-0.1, -0.05) is 0 Å². The Morgan fingerprint density at radius 1 is 1.14 bits per heavy atom. The molecule has 1 rings (SSSR count). The third-order valence-corrected chi connectivity index (χ3v) is 6.07. The Morgan fingerprint density at radius 2 is 1.75 bits per heavy atom. The van der Waals surface area contributed by atoms with Gasteiger partial charge >= 0.3 is 6.03 Å². The van der Waals surface area contributed by atoms with Crippen LogP contribution in [0.15, 0.2) is 0 Å². The van der Waals surface area contributed by atoms with Gasteiger partial charge in [-0.3, -0.25) is 34.3 Å². The van der Waals surface area contributed by atoms with E-state index in [2.05, 4.69) is 10.7 Å². The summed E-state index contributed by atoms with van der Waals surface area (Å²) in [6, 6.07) is -3.63. The summed E-state index contributed by atoms with van der Waals surface area (Å²) in [5.74, 6) is -3.61. The fraction of sp³-hybridized carbons (Fsp3) is 0.727. The molecular weight excluding hydrogens is 474 g/mol. The Labute approximate surface area is 210 Å². The van der Waals surface area contributed by atoms with Gasteiger partial charge in [0.1, 0.15) is 12.1 Å². The highest BCUT2D eigenvalue weighted by molar-refractivity contribution is 6.12. The quantitative estimate of drug-likeness (QED) is 0.122. The van der Waals surface area contributed by atoms with Gasteiger partial charge in [0.15, 0.2) is 5.78 Å². The van der Waals surface area contributed by atoms with E-state index in [-0.39, 0.29) is 13.0 Å². The van der Waals surface area contributed by atoms with Gasteiger partial charge in [0, 0.05) is 20.6 Å². The minimum Gasteiger partial charge on any atom is -0.373 e. The number of aliphatic hydroxyl groups is 1. The van der Waals surface area contributed by atoms with Gasteiger partial charge < -0.3 is 26.8 Å². The first-order valence-electron chi connectivity index (χ1n) is 11.8. The second-order valence-corrected chi connectivity index (χ2v) is 9.05. The van der Waals surface area contributed by atoms with Gasteiger partial charge in [-0.25, -0.2) is 9.80 Å². The fourth-order valence-corrected chi connectivity index (χ4v) is 3.79. The molecule has 1 unspecified atom stereocenters. The van der Waals surface area contributed by atoms with Crippen LogP contribution in [0, 0.1) is 0 Å². The maximum absolute atomic E-state index is 12.9. The zero-order chi connectivity index (χ0) is 27.8. The number of likely N-dealkylation sites (N-methyl/N-ethyl adjacent to an activating group) is 1. The number of carbonyl (C=O) groups excluding carboxylic acids is 6. The van der Waals surface area contributed by atoms with Gasteiger partial charge in [0.25, 0.3) is 11.8 Å². The topological polar surface area (TPSA) is 208 Å². The van der Waals surface area contributed by atoms with Crippen LogP contribution >= 0.6 is 0 Å². The van der Waals surface area contributed by atoms with E-state index in [1.807, 2.05) is 0 Å². The molecule has 1 heterocycles. The highest BCUT2D eigenvalue weighted by atomic mass is 16.3. The number of nitrogens with two attached hydrogens (primary N) is 2. The molecule has 1 saturated heterocycles. The van der Waals surface area contributed by atoms with Crippen LogP contribution < -0.4 is 22.2 Å². The fourth-order valence-electron chi connectivity index (χ4n) is 3.79. The lowest BCUT2D eigenvalue weighted by Crippen LogP contribution is -2.60. The van der Waals surface area contributed by atoms with Crippen molar-refractivity contribution in [1.82, 2.24) is 25.6 Å². The first-order chi connectivity index (χ1) is 16.7. The van der Waals surface area contributed by atoms with E-state index in [0.717, 1.165) is 19.0 Å². The van der Waals surface area contributed by atoms with Gasteiger partial charge in [0.05, 0.1) is 6.04 Å². The summed E-state index contributed by atoms with van der Waals surface area (Å²) in [6.07, 6.45) is 1.42. The third kappa shape index (κ3) is 7.45. The van der Waals surface area contributed by atoms with Crippen LogP contribution in [0.1, 0.15) is 52.9 Å². The van der Waals surface area contributed by atoms with Crippen molar-refractivity contribution in [3.05, 3.63) is 0 Å². The Morgan fingerprint density at radius 3 is 2.28 bits per heavy atom. The SMILES string of the molecule is CC(=O)C(O)(CCCCN)C(=O)N(C)C(=O)N(C)NC(=O)[C@@H]1CCCN1C(=O)[C@H](C)NC(=O)[C@H](C)N. The number of hydrogen-bond donors (Lipinski definition) is 5. The number of amides is 6. The molecule has 14 heteroatoms. The lowest BCUT2D eigenvalue weighted by atomic mass is 9.91. The second kappa shape index (κ2) is 13.3. The van der Waals surface area contributed by atoms with Crippen LogP contribution in [0.2, 0.25) is 0 Å². The summed E-state index contributed by atoms with van der Waals surface area (Å²) < 4.78 is 0. The summed E-state index contributed by atoms with van der Waals surface area (Å²) in [6.45, 7) is 4.59. The lowest BCUT2D eigenvalue weighted by Gasteiger charge is -2.32. The summed E-state index contributed by atoms with van der Waals surface area (Å²) >= 11 is 0. The van der Waals surface area contributed by atoms with Gasteiger partial charge in [-0.2, -0.15) is 0 Å². The molecule has 14 nitrogen and oxygen atoms in total. The molecule has 0 aromatic heterocycles.